The van der Waals surface area contributed by atoms with Gasteiger partial charge in [0.25, 0.3) is 0 Å². The van der Waals surface area contributed by atoms with Crippen LogP contribution in [-0.4, -0.2) is 11.8 Å². The minimum atomic E-state index is -0.193. The lowest BCUT2D eigenvalue weighted by Gasteiger charge is -2.24. The predicted molar refractivity (Wildman–Crippen MR) is 86.7 cm³/mol. The molecule has 1 aliphatic rings. The summed E-state index contributed by atoms with van der Waals surface area (Å²) in [5.41, 5.74) is 6.13. The first-order valence-electron chi connectivity index (χ1n) is 8.95. The molecule has 0 heterocycles. The summed E-state index contributed by atoms with van der Waals surface area (Å²) in [6.07, 6.45) is 14.3. The van der Waals surface area contributed by atoms with Gasteiger partial charge < -0.3 is 5.73 Å². The van der Waals surface area contributed by atoms with Crippen LogP contribution in [0.2, 0.25) is 0 Å². The van der Waals surface area contributed by atoms with E-state index in [9.17, 15) is 4.79 Å². The Labute approximate surface area is 125 Å². The van der Waals surface area contributed by atoms with E-state index in [2.05, 4.69) is 13.8 Å². The van der Waals surface area contributed by atoms with Crippen LogP contribution in [0.15, 0.2) is 0 Å². The Morgan fingerprint density at radius 3 is 2.45 bits per heavy atom. The Morgan fingerprint density at radius 2 is 1.85 bits per heavy atom. The molecule has 0 aromatic carbocycles. The molecule has 0 radical (unpaired) electrons. The Balaban J connectivity index is 2.22. The van der Waals surface area contributed by atoms with E-state index in [1.807, 2.05) is 0 Å². The molecule has 2 atom stereocenters. The van der Waals surface area contributed by atoms with E-state index in [1.165, 1.54) is 57.8 Å². The number of carbonyl (C=O) groups is 1. The quantitative estimate of drug-likeness (QED) is 0.622. The topological polar surface area (TPSA) is 43.1 Å². The third-order valence-corrected chi connectivity index (χ3v) is 5.07. The van der Waals surface area contributed by atoms with E-state index in [-0.39, 0.29) is 6.04 Å². The van der Waals surface area contributed by atoms with Gasteiger partial charge in [0.05, 0.1) is 6.04 Å². The molecule has 0 aromatic heterocycles. The summed E-state index contributed by atoms with van der Waals surface area (Å²) in [4.78, 5) is 12.2. The van der Waals surface area contributed by atoms with Crippen LogP contribution in [0.1, 0.15) is 90.9 Å². The lowest BCUT2D eigenvalue weighted by Crippen LogP contribution is -2.33. The molecule has 0 aromatic rings. The molecule has 20 heavy (non-hydrogen) atoms. The lowest BCUT2D eigenvalue weighted by molar-refractivity contribution is -0.121. The standard InChI is InChI=1S/C18H35NO/c1-3-5-9-15(4-2)12-13-18(20)17(19)14-16-10-7-6-8-11-16/h15-17H,3-14,19H2,1-2H3/t15?,17-/m1/s1. The SMILES string of the molecule is CCCCC(CC)CCC(=O)[C@H](N)CC1CCCCC1. The highest BCUT2D eigenvalue weighted by Gasteiger charge is 2.21. The van der Waals surface area contributed by atoms with E-state index < -0.39 is 0 Å². The number of Topliss-reactive ketones (excluding diaryl/α,β-unsaturated/α-hetero) is 1. The molecule has 1 rings (SSSR count). The summed E-state index contributed by atoms with van der Waals surface area (Å²) in [6, 6.07) is -0.193. The second-order valence-corrected chi connectivity index (χ2v) is 6.77. The summed E-state index contributed by atoms with van der Waals surface area (Å²) in [5.74, 6) is 1.75. The van der Waals surface area contributed by atoms with Gasteiger partial charge in [-0.05, 0) is 24.7 Å². The molecule has 2 heteroatoms. The van der Waals surface area contributed by atoms with Crippen molar-refractivity contribution in [2.45, 2.75) is 96.9 Å². The maximum atomic E-state index is 12.2. The van der Waals surface area contributed by atoms with Gasteiger partial charge in [0.15, 0.2) is 0 Å². The molecule has 2 N–H and O–H groups in total. The highest BCUT2D eigenvalue weighted by Crippen LogP contribution is 2.27. The zero-order valence-corrected chi connectivity index (χ0v) is 13.7. The maximum absolute atomic E-state index is 12.2. The average molecular weight is 281 g/mol. The van der Waals surface area contributed by atoms with Crippen molar-refractivity contribution < 1.29 is 4.79 Å². The van der Waals surface area contributed by atoms with Crippen LogP contribution in [0.5, 0.6) is 0 Å². The van der Waals surface area contributed by atoms with E-state index in [0.717, 1.165) is 18.8 Å². The van der Waals surface area contributed by atoms with E-state index in [4.69, 9.17) is 5.73 Å². The highest BCUT2D eigenvalue weighted by molar-refractivity contribution is 5.83. The largest absolute Gasteiger partial charge is 0.322 e. The van der Waals surface area contributed by atoms with Gasteiger partial charge in [0.1, 0.15) is 5.78 Å². The first-order valence-corrected chi connectivity index (χ1v) is 8.95. The Bertz CT molecular complexity index is 258. The number of rotatable bonds is 10. The second-order valence-electron chi connectivity index (χ2n) is 6.77. The lowest BCUT2D eigenvalue weighted by atomic mass is 9.83. The first-order chi connectivity index (χ1) is 9.67. The minimum Gasteiger partial charge on any atom is -0.322 e. The normalized spacial score (nSPS) is 19.8. The first kappa shape index (κ1) is 17.7. The van der Waals surface area contributed by atoms with Crippen LogP contribution < -0.4 is 5.73 Å². The molecule has 2 nitrogen and oxygen atoms in total. The fourth-order valence-corrected chi connectivity index (χ4v) is 3.49. The zero-order valence-electron chi connectivity index (χ0n) is 13.7. The predicted octanol–water partition coefficient (Wildman–Crippen LogP) is 4.85. The van der Waals surface area contributed by atoms with Crippen molar-refractivity contribution in [2.24, 2.45) is 17.6 Å². The summed E-state index contributed by atoms with van der Waals surface area (Å²) in [7, 11) is 0. The van der Waals surface area contributed by atoms with Gasteiger partial charge >= 0.3 is 0 Å². The second kappa shape index (κ2) is 10.4. The number of ketones is 1. The molecular weight excluding hydrogens is 246 g/mol. The third kappa shape index (κ3) is 6.88. The number of hydrogen-bond donors (Lipinski definition) is 1. The monoisotopic (exact) mass is 281 g/mol. The molecule has 1 saturated carbocycles. The van der Waals surface area contributed by atoms with Crippen LogP contribution in [0.25, 0.3) is 0 Å². The Kier molecular flexibility index (Phi) is 9.17. The van der Waals surface area contributed by atoms with E-state index in [1.54, 1.807) is 0 Å². The van der Waals surface area contributed by atoms with E-state index in [0.29, 0.717) is 18.1 Å². The number of carbonyl (C=O) groups excluding carboxylic acids is 1. The van der Waals surface area contributed by atoms with Gasteiger partial charge in [-0.3, -0.25) is 4.79 Å². The molecule has 0 bridgehead atoms. The van der Waals surface area contributed by atoms with Crippen molar-refractivity contribution in [1.82, 2.24) is 0 Å². The molecule has 0 amide bonds. The van der Waals surface area contributed by atoms with Crippen molar-refractivity contribution in [2.75, 3.05) is 0 Å². The maximum Gasteiger partial charge on any atom is 0.149 e. The molecule has 0 saturated heterocycles. The molecule has 0 aliphatic heterocycles. The van der Waals surface area contributed by atoms with Gasteiger partial charge in [-0.25, -0.2) is 0 Å². The molecule has 1 fully saturated rings. The van der Waals surface area contributed by atoms with Crippen LogP contribution >= 0.6 is 0 Å². The molecule has 118 valence electrons. The minimum absolute atomic E-state index is 0.193. The Morgan fingerprint density at radius 1 is 1.15 bits per heavy atom. The van der Waals surface area contributed by atoms with Crippen LogP contribution in [0.4, 0.5) is 0 Å². The molecule has 1 unspecified atom stereocenters. The highest BCUT2D eigenvalue weighted by atomic mass is 16.1. The van der Waals surface area contributed by atoms with Crippen molar-refractivity contribution in [3.8, 4) is 0 Å². The zero-order chi connectivity index (χ0) is 14.8. The molecule has 0 spiro atoms. The number of nitrogens with two attached hydrogens (primary N) is 1. The van der Waals surface area contributed by atoms with Gasteiger partial charge in [0, 0.05) is 6.42 Å². The summed E-state index contributed by atoms with van der Waals surface area (Å²) in [6.45, 7) is 4.48. The van der Waals surface area contributed by atoms with Crippen molar-refractivity contribution in [3.63, 3.8) is 0 Å². The van der Waals surface area contributed by atoms with Crippen LogP contribution in [-0.2, 0) is 4.79 Å². The fourth-order valence-electron chi connectivity index (χ4n) is 3.49. The van der Waals surface area contributed by atoms with Crippen molar-refractivity contribution in [3.05, 3.63) is 0 Å². The number of unbranched alkanes of at least 4 members (excludes halogenated alkanes) is 1. The summed E-state index contributed by atoms with van der Waals surface area (Å²) >= 11 is 0. The fraction of sp³-hybridized carbons (Fsp3) is 0.944. The smallest absolute Gasteiger partial charge is 0.149 e. The van der Waals surface area contributed by atoms with Crippen molar-refractivity contribution in [1.29, 1.82) is 0 Å². The van der Waals surface area contributed by atoms with Gasteiger partial charge in [-0.1, -0.05) is 71.6 Å². The molecular formula is C18H35NO. The van der Waals surface area contributed by atoms with E-state index >= 15 is 0 Å². The molecule has 1 aliphatic carbocycles. The van der Waals surface area contributed by atoms with Gasteiger partial charge in [-0.15, -0.1) is 0 Å². The third-order valence-electron chi connectivity index (χ3n) is 5.07. The van der Waals surface area contributed by atoms with Crippen LogP contribution in [0.3, 0.4) is 0 Å². The summed E-state index contributed by atoms with van der Waals surface area (Å²) in [5, 5.41) is 0. The van der Waals surface area contributed by atoms with Gasteiger partial charge in [-0.2, -0.15) is 0 Å². The number of hydrogen-bond acceptors (Lipinski definition) is 2. The van der Waals surface area contributed by atoms with Crippen LogP contribution in [0, 0.1) is 11.8 Å². The average Bonchev–Trinajstić information content (AvgIpc) is 2.48. The summed E-state index contributed by atoms with van der Waals surface area (Å²) < 4.78 is 0. The Hall–Kier alpha value is -0.370. The van der Waals surface area contributed by atoms with Crippen molar-refractivity contribution >= 4 is 5.78 Å². The van der Waals surface area contributed by atoms with Gasteiger partial charge in [0.2, 0.25) is 0 Å².